The van der Waals surface area contributed by atoms with Crippen molar-refractivity contribution in [2.24, 2.45) is 0 Å². The maximum Gasteiger partial charge on any atom is 0.515 e. The summed E-state index contributed by atoms with van der Waals surface area (Å²) >= 11 is 0. The molecule has 2 rings (SSSR count). The largest absolute Gasteiger partial charge is 0.515 e. The number of carbonyl (C=O) groups excluding carboxylic acids is 1. The molecule has 0 radical (unpaired) electrons. The third kappa shape index (κ3) is 2.38. The fourth-order valence-corrected chi connectivity index (χ4v) is 1.82. The summed E-state index contributed by atoms with van der Waals surface area (Å²) < 4.78 is 16.9. The smallest absolute Gasteiger partial charge is 0.481 e. The molecule has 0 aliphatic carbocycles. The number of methoxy groups -OCH3 is 1. The Hall–Kier alpha value is -1.40. The SMILES string of the molecule is COc1ccc(C=O)c(B2OC(C)(C)C(C)(C)O2)n1. The quantitative estimate of drug-likeness (QED) is 0.605. The van der Waals surface area contributed by atoms with Crippen molar-refractivity contribution in [1.29, 1.82) is 0 Å². The molecule has 1 aromatic rings. The molecular formula is C13H18BNO4. The van der Waals surface area contributed by atoms with E-state index in [1.807, 2.05) is 27.7 Å². The second-order valence-corrected chi connectivity index (χ2v) is 5.53. The summed E-state index contributed by atoms with van der Waals surface area (Å²) in [6, 6.07) is 3.29. The normalized spacial score (nSPS) is 20.4. The average molecular weight is 263 g/mol. The van der Waals surface area contributed by atoms with E-state index in [1.165, 1.54) is 7.11 Å². The van der Waals surface area contributed by atoms with Crippen LogP contribution in [0.2, 0.25) is 0 Å². The molecule has 1 fully saturated rings. The number of hydrogen-bond donors (Lipinski definition) is 0. The van der Waals surface area contributed by atoms with E-state index in [1.54, 1.807) is 12.1 Å². The minimum atomic E-state index is -0.666. The van der Waals surface area contributed by atoms with E-state index in [4.69, 9.17) is 14.0 Å². The van der Waals surface area contributed by atoms with Gasteiger partial charge in [0, 0.05) is 11.6 Å². The van der Waals surface area contributed by atoms with Crippen molar-refractivity contribution in [3.63, 3.8) is 0 Å². The van der Waals surface area contributed by atoms with Crippen LogP contribution in [0.1, 0.15) is 38.1 Å². The number of nitrogens with zero attached hydrogens (tertiary/aromatic N) is 1. The monoisotopic (exact) mass is 263 g/mol. The predicted octanol–water partition coefficient (Wildman–Crippen LogP) is 1.20. The topological polar surface area (TPSA) is 57.7 Å². The molecule has 1 saturated heterocycles. The number of rotatable bonds is 3. The maximum atomic E-state index is 11.1. The Balaban J connectivity index is 2.40. The van der Waals surface area contributed by atoms with Gasteiger partial charge >= 0.3 is 7.12 Å². The number of pyridine rings is 1. The van der Waals surface area contributed by atoms with Crippen LogP contribution >= 0.6 is 0 Å². The molecule has 0 bridgehead atoms. The van der Waals surface area contributed by atoms with Gasteiger partial charge < -0.3 is 14.0 Å². The molecule has 0 aromatic carbocycles. The number of carbonyl (C=O) groups is 1. The molecule has 1 aromatic heterocycles. The second-order valence-electron chi connectivity index (χ2n) is 5.53. The van der Waals surface area contributed by atoms with Gasteiger partial charge in [0.25, 0.3) is 0 Å². The zero-order chi connectivity index (χ0) is 14.3. The highest BCUT2D eigenvalue weighted by Crippen LogP contribution is 2.36. The van der Waals surface area contributed by atoms with Gasteiger partial charge in [-0.1, -0.05) is 0 Å². The number of ether oxygens (including phenoxy) is 1. The van der Waals surface area contributed by atoms with Gasteiger partial charge in [-0.25, -0.2) is 4.98 Å². The van der Waals surface area contributed by atoms with Crippen LogP contribution in [0.25, 0.3) is 0 Å². The standard InChI is InChI=1S/C13H18BNO4/c1-12(2)13(3,4)19-14(18-12)11-9(8-16)6-7-10(15-11)17-5/h6-8H,1-5H3. The van der Waals surface area contributed by atoms with Gasteiger partial charge in [0.2, 0.25) is 5.88 Å². The molecule has 0 saturated carbocycles. The van der Waals surface area contributed by atoms with Gasteiger partial charge in [0.1, 0.15) is 0 Å². The van der Waals surface area contributed by atoms with Crippen LogP contribution in [-0.4, -0.2) is 36.7 Å². The van der Waals surface area contributed by atoms with E-state index in [0.717, 1.165) is 6.29 Å². The first-order valence-corrected chi connectivity index (χ1v) is 6.16. The van der Waals surface area contributed by atoms with E-state index in [2.05, 4.69) is 4.98 Å². The van der Waals surface area contributed by atoms with Gasteiger partial charge in [-0.2, -0.15) is 0 Å². The third-order valence-corrected chi connectivity index (χ3v) is 3.74. The molecule has 0 unspecified atom stereocenters. The van der Waals surface area contributed by atoms with Gasteiger partial charge in [-0.15, -0.1) is 0 Å². The molecule has 0 spiro atoms. The summed E-state index contributed by atoms with van der Waals surface area (Å²) in [6.45, 7) is 7.81. The Morgan fingerprint density at radius 2 is 1.79 bits per heavy atom. The molecule has 5 nitrogen and oxygen atoms in total. The molecule has 0 atom stereocenters. The molecular weight excluding hydrogens is 245 g/mol. The van der Waals surface area contributed by atoms with Crippen molar-refractivity contribution in [3.8, 4) is 5.88 Å². The summed E-state index contributed by atoms with van der Waals surface area (Å²) in [6.07, 6.45) is 0.743. The first kappa shape index (κ1) is 14.0. The van der Waals surface area contributed by atoms with E-state index in [9.17, 15) is 4.79 Å². The Labute approximate surface area is 113 Å². The van der Waals surface area contributed by atoms with Crippen LogP contribution in [0.3, 0.4) is 0 Å². The number of aldehydes is 1. The Morgan fingerprint density at radius 3 is 2.26 bits per heavy atom. The lowest BCUT2D eigenvalue weighted by atomic mass is 9.81. The van der Waals surface area contributed by atoms with Crippen molar-refractivity contribution < 1.29 is 18.8 Å². The van der Waals surface area contributed by atoms with Crippen LogP contribution in [-0.2, 0) is 9.31 Å². The van der Waals surface area contributed by atoms with Crippen LogP contribution in [0.15, 0.2) is 12.1 Å². The summed E-state index contributed by atoms with van der Waals surface area (Å²) in [7, 11) is 0.858. The molecule has 1 aliphatic heterocycles. The lowest BCUT2D eigenvalue weighted by molar-refractivity contribution is 0.00578. The van der Waals surface area contributed by atoms with Crippen LogP contribution < -0.4 is 10.3 Å². The Morgan fingerprint density at radius 1 is 1.21 bits per heavy atom. The molecule has 0 N–H and O–H groups in total. The molecule has 0 amide bonds. The zero-order valence-electron chi connectivity index (χ0n) is 11.9. The van der Waals surface area contributed by atoms with Crippen LogP contribution in [0.4, 0.5) is 0 Å². The van der Waals surface area contributed by atoms with Crippen molar-refractivity contribution in [1.82, 2.24) is 4.98 Å². The summed E-state index contributed by atoms with van der Waals surface area (Å²) in [5.41, 5.74) is -0.0437. The van der Waals surface area contributed by atoms with E-state index in [0.29, 0.717) is 17.0 Å². The van der Waals surface area contributed by atoms with Crippen molar-refractivity contribution in [2.75, 3.05) is 7.11 Å². The fourth-order valence-electron chi connectivity index (χ4n) is 1.82. The second kappa shape index (κ2) is 4.61. The minimum absolute atomic E-state index is 0.426. The fraction of sp³-hybridized carbons (Fsp3) is 0.538. The molecule has 1 aliphatic rings. The van der Waals surface area contributed by atoms with Gasteiger partial charge in [-0.05, 0) is 33.8 Å². The Bertz CT molecular complexity index is 485. The summed E-state index contributed by atoms with van der Waals surface area (Å²) in [5, 5.41) is 0. The predicted molar refractivity (Wildman–Crippen MR) is 71.9 cm³/mol. The van der Waals surface area contributed by atoms with Crippen LogP contribution in [0, 0.1) is 0 Å². The zero-order valence-corrected chi connectivity index (χ0v) is 11.9. The van der Waals surface area contributed by atoms with Gasteiger partial charge in [-0.3, -0.25) is 4.79 Å². The molecule has 102 valence electrons. The summed E-state index contributed by atoms with van der Waals surface area (Å²) in [5.74, 6) is 0.426. The van der Waals surface area contributed by atoms with E-state index >= 15 is 0 Å². The summed E-state index contributed by atoms with van der Waals surface area (Å²) in [4.78, 5) is 15.4. The molecule has 6 heteroatoms. The van der Waals surface area contributed by atoms with Crippen molar-refractivity contribution in [3.05, 3.63) is 17.7 Å². The highest BCUT2D eigenvalue weighted by molar-refractivity contribution is 6.62. The average Bonchev–Trinajstić information content (AvgIpc) is 2.57. The van der Waals surface area contributed by atoms with E-state index in [-0.39, 0.29) is 0 Å². The lowest BCUT2D eigenvalue weighted by Gasteiger charge is -2.32. The third-order valence-electron chi connectivity index (χ3n) is 3.74. The van der Waals surface area contributed by atoms with Crippen molar-refractivity contribution >= 4 is 19.0 Å². The van der Waals surface area contributed by atoms with Gasteiger partial charge in [0.15, 0.2) is 6.29 Å². The van der Waals surface area contributed by atoms with Crippen LogP contribution in [0.5, 0.6) is 5.88 Å². The van der Waals surface area contributed by atoms with Gasteiger partial charge in [0.05, 0.1) is 23.9 Å². The number of aromatic nitrogens is 1. The first-order valence-electron chi connectivity index (χ1n) is 6.16. The first-order chi connectivity index (χ1) is 8.80. The molecule has 19 heavy (non-hydrogen) atoms. The highest BCUT2D eigenvalue weighted by atomic mass is 16.7. The minimum Gasteiger partial charge on any atom is -0.481 e. The lowest BCUT2D eigenvalue weighted by Crippen LogP contribution is -2.41. The highest BCUT2D eigenvalue weighted by Gasteiger charge is 2.53. The number of hydrogen-bond acceptors (Lipinski definition) is 5. The molecule has 2 heterocycles. The Kier molecular flexibility index (Phi) is 3.41. The van der Waals surface area contributed by atoms with E-state index < -0.39 is 18.3 Å². The maximum absolute atomic E-state index is 11.1. The van der Waals surface area contributed by atoms with Crippen molar-refractivity contribution in [2.45, 2.75) is 38.9 Å².